The number of hydrogen-bond acceptors (Lipinski definition) is 16. The third-order valence-electron chi connectivity index (χ3n) is 15.4. The molecule has 76 heavy (non-hydrogen) atoms. The van der Waals surface area contributed by atoms with Crippen molar-refractivity contribution in [2.75, 3.05) is 49.9 Å². The summed E-state index contributed by atoms with van der Waals surface area (Å²) in [5.41, 5.74) is 12.2. The largest absolute Gasteiger partial charge is 0.507 e. The van der Waals surface area contributed by atoms with E-state index < -0.39 is 23.9 Å². The second-order valence-electron chi connectivity index (χ2n) is 21.2. The number of nitrogens with one attached hydrogen (secondary N) is 1. The number of piperidine rings is 2. The molecule has 7 heterocycles. The minimum atomic E-state index is -0.812. The third-order valence-corrected chi connectivity index (χ3v) is 16.4. The molecule has 4 fully saturated rings. The minimum Gasteiger partial charge on any atom is -0.507 e. The number of thiazole rings is 1. The van der Waals surface area contributed by atoms with E-state index in [1.807, 2.05) is 63.5 Å². The predicted molar refractivity (Wildman–Crippen MR) is 289 cm³/mol. The summed E-state index contributed by atoms with van der Waals surface area (Å²) < 4.78 is 34.2. The summed E-state index contributed by atoms with van der Waals surface area (Å²) in [4.78, 5) is 44.3. The molecule has 4 aliphatic rings. The second kappa shape index (κ2) is 23.2. The van der Waals surface area contributed by atoms with Gasteiger partial charge in [-0.05, 0) is 98.4 Å². The molecule has 0 radical (unpaired) electrons. The summed E-state index contributed by atoms with van der Waals surface area (Å²) in [7, 11) is 0. The van der Waals surface area contributed by atoms with E-state index in [-0.39, 0.29) is 72.2 Å². The van der Waals surface area contributed by atoms with Crippen LogP contribution in [0.25, 0.3) is 33.6 Å². The monoisotopic (exact) mass is 1050 g/mol. The van der Waals surface area contributed by atoms with Gasteiger partial charge in [-0.3, -0.25) is 9.59 Å². The number of aromatic nitrogens is 5. The molecule has 6 aromatic rings. The first-order valence-electron chi connectivity index (χ1n) is 26.5. The smallest absolute Gasteiger partial charge is 0.243 e. The van der Waals surface area contributed by atoms with Gasteiger partial charge in [0.2, 0.25) is 17.7 Å². The molecular formula is C57H67FN10O7S. The normalized spacial score (nSPS) is 21.6. The van der Waals surface area contributed by atoms with Crippen LogP contribution >= 0.6 is 11.3 Å². The number of nitrogens with two attached hydrogens (primary N) is 1. The number of amides is 2. The van der Waals surface area contributed by atoms with Crippen LogP contribution in [0.5, 0.6) is 11.6 Å². The lowest BCUT2D eigenvalue weighted by atomic mass is 9.91. The Kier molecular flexibility index (Phi) is 16.1. The van der Waals surface area contributed by atoms with Crippen LogP contribution in [0, 0.1) is 18.8 Å². The Bertz CT molecular complexity index is 3000. The number of anilines is 2. The topological polar surface area (TPSA) is 218 Å². The first kappa shape index (κ1) is 52.6. The fraction of sp³-hybridized carbons (Fsp3) is 0.456. The van der Waals surface area contributed by atoms with E-state index in [4.69, 9.17) is 19.7 Å². The van der Waals surface area contributed by atoms with Gasteiger partial charge in [-0.15, -0.1) is 21.5 Å². The van der Waals surface area contributed by atoms with Crippen LogP contribution in [-0.4, -0.2) is 127 Å². The van der Waals surface area contributed by atoms with E-state index >= 15 is 4.39 Å². The van der Waals surface area contributed by atoms with Crippen molar-refractivity contribution >= 4 is 46.7 Å². The Morgan fingerprint density at radius 1 is 0.934 bits per heavy atom. The Labute approximate surface area is 446 Å². The first-order valence-corrected chi connectivity index (χ1v) is 27.4. The highest BCUT2D eigenvalue weighted by molar-refractivity contribution is 7.13. The highest BCUT2D eigenvalue weighted by Crippen LogP contribution is 2.37. The Morgan fingerprint density at radius 3 is 2.42 bits per heavy atom. The lowest BCUT2D eigenvalue weighted by Gasteiger charge is -2.41. The number of aliphatic hydroxyl groups excluding tert-OH is 1. The number of benzene rings is 2. The lowest BCUT2D eigenvalue weighted by Crippen LogP contribution is -2.48. The minimum absolute atomic E-state index is 0.00639. The summed E-state index contributed by atoms with van der Waals surface area (Å²) in [5.74, 6) is 0.131. The number of β-amino-alcohol motifs (C(OH)–C–C–N with tert-alkyl or cyclic N) is 1. The molecule has 1 aliphatic carbocycles. The van der Waals surface area contributed by atoms with Crippen molar-refractivity contribution in [1.29, 1.82) is 0 Å². The fourth-order valence-electron chi connectivity index (χ4n) is 11.0. The number of likely N-dealkylation sites (tertiary alicyclic amines) is 2. The number of aromatic hydroxyl groups is 1. The van der Waals surface area contributed by atoms with Gasteiger partial charge in [0.05, 0.1) is 51.7 Å². The molecule has 19 heteroatoms. The Balaban J connectivity index is 0.646. The number of nitrogens with zero attached hydrogens (tertiary/aromatic N) is 8. The number of hydrogen-bond donors (Lipinski definition) is 4. The average Bonchev–Trinajstić information content (AvgIpc) is 4.18. The molecule has 17 nitrogen and oxygen atoms in total. The maximum absolute atomic E-state index is 15.6. The van der Waals surface area contributed by atoms with E-state index in [0.717, 1.165) is 98.8 Å². The zero-order chi connectivity index (χ0) is 53.0. The molecule has 1 saturated carbocycles. The predicted octanol–water partition coefficient (Wildman–Crippen LogP) is 8.60. The van der Waals surface area contributed by atoms with Gasteiger partial charge in [0.25, 0.3) is 0 Å². The molecule has 2 amide bonds. The molecular weight excluding hydrogens is 988 g/mol. The number of nitrogen functional groups attached to an aromatic ring is 1. The van der Waals surface area contributed by atoms with Crippen LogP contribution in [0.1, 0.15) is 106 Å². The number of pyridine rings is 1. The van der Waals surface area contributed by atoms with Crippen molar-refractivity contribution in [3.8, 4) is 33.3 Å². The van der Waals surface area contributed by atoms with Gasteiger partial charge in [-0.2, -0.15) is 0 Å². The average molecular weight is 1060 g/mol. The van der Waals surface area contributed by atoms with Crippen LogP contribution in [0.2, 0.25) is 0 Å². The number of phenols is 1. The number of aryl methyl sites for hydroxylation is 1. The van der Waals surface area contributed by atoms with Crippen molar-refractivity contribution in [3.05, 3.63) is 113 Å². The van der Waals surface area contributed by atoms with Gasteiger partial charge in [0.15, 0.2) is 17.4 Å². The molecule has 0 unspecified atom stereocenters. The molecule has 4 atom stereocenters. The van der Waals surface area contributed by atoms with Crippen molar-refractivity contribution in [3.63, 3.8) is 0 Å². The number of ether oxygens (including phenoxy) is 2. The number of carbonyl (C=O) groups excluding carboxylic acids is 2. The van der Waals surface area contributed by atoms with Gasteiger partial charge in [0.1, 0.15) is 29.6 Å². The Morgan fingerprint density at radius 2 is 1.70 bits per heavy atom. The highest BCUT2D eigenvalue weighted by atomic mass is 32.1. The SMILES string of the molecule is Cc1ncsc1-c1ccc([C@H](C)NC(=O)[C@@H]2C[C@@H](O)CN2C(=O)[C@@H](c2cc(N3CCC(CN4CCC(O[C@H]5C[C@H](Oc6cc(C=C(F)c7cc(-c8ccccc8O)nnc7N)ccn6)C5)CC4)CC3)no2)C(C)C)cc1. The number of phenolic OH excluding ortho intramolecular Hbond substituents is 1. The second-order valence-corrected chi connectivity index (χ2v) is 22.0. The summed E-state index contributed by atoms with van der Waals surface area (Å²) in [6, 6.07) is 20.3. The van der Waals surface area contributed by atoms with Gasteiger partial charge >= 0.3 is 0 Å². The molecule has 0 bridgehead atoms. The van der Waals surface area contributed by atoms with E-state index in [9.17, 15) is 19.8 Å². The maximum atomic E-state index is 15.6. The van der Waals surface area contributed by atoms with Crippen molar-refractivity contribution in [1.82, 2.24) is 40.4 Å². The molecule has 2 aromatic carbocycles. The lowest BCUT2D eigenvalue weighted by molar-refractivity contribution is -0.141. The summed E-state index contributed by atoms with van der Waals surface area (Å²) in [6.07, 6.45) is 8.10. The Hall–Kier alpha value is -6.80. The first-order chi connectivity index (χ1) is 36.7. The van der Waals surface area contributed by atoms with E-state index in [1.54, 1.807) is 47.9 Å². The number of para-hydroxylation sites is 1. The molecule has 4 aromatic heterocycles. The van der Waals surface area contributed by atoms with Gasteiger partial charge in [0, 0.05) is 82.4 Å². The van der Waals surface area contributed by atoms with Crippen LogP contribution in [0.15, 0.2) is 89.0 Å². The van der Waals surface area contributed by atoms with E-state index in [2.05, 4.69) is 40.4 Å². The third kappa shape index (κ3) is 12.1. The van der Waals surface area contributed by atoms with Crippen LogP contribution in [0.3, 0.4) is 0 Å². The van der Waals surface area contributed by atoms with Gasteiger partial charge in [-0.1, -0.05) is 55.4 Å². The van der Waals surface area contributed by atoms with Gasteiger partial charge < -0.3 is 50.0 Å². The molecule has 400 valence electrons. The highest BCUT2D eigenvalue weighted by Gasteiger charge is 2.44. The molecule has 5 N–H and O–H groups in total. The standard InChI is InChI=1S/C57H67FN10O7S/c1-33(2)53(57(72)68-31-40(69)25-48(68)56(71)62-34(3)38-9-11-39(12-10-38)54-35(4)61-32-76-54)50-29-51(65-75-50)67-21-14-36(15-22-67)30-66-19-16-41(17-20-66)73-42-26-43(27-42)74-52-24-37(13-18-60-52)23-46(58)45-28-47(63-64-55(45)59)44-7-5-6-8-49(44)70/h5-13,18,23-24,28-29,32-34,36,40-43,48,53,69-70H,14-17,19-22,25-27,30-31H2,1-4H3,(H2,59,64)(H,62,71)/t34-,40+,42-,43-,48-,53+/m0/s1. The summed E-state index contributed by atoms with van der Waals surface area (Å²) >= 11 is 1.59. The molecule has 3 aliphatic heterocycles. The zero-order valence-electron chi connectivity index (χ0n) is 43.4. The van der Waals surface area contributed by atoms with E-state index in [1.165, 1.54) is 23.1 Å². The maximum Gasteiger partial charge on any atom is 0.243 e. The van der Waals surface area contributed by atoms with Crippen LogP contribution in [-0.2, 0) is 14.3 Å². The van der Waals surface area contributed by atoms with Crippen molar-refractivity contribution in [2.45, 2.75) is 115 Å². The van der Waals surface area contributed by atoms with Crippen LogP contribution in [0.4, 0.5) is 16.0 Å². The number of halogens is 1. The molecule has 3 saturated heterocycles. The van der Waals surface area contributed by atoms with Crippen molar-refractivity contribution < 1.29 is 38.2 Å². The number of aliphatic hydroxyl groups is 1. The summed E-state index contributed by atoms with van der Waals surface area (Å²) in [5, 5.41) is 36.6. The quantitative estimate of drug-likeness (QED) is 0.0672. The molecule has 0 spiro atoms. The number of rotatable bonds is 17. The van der Waals surface area contributed by atoms with Crippen molar-refractivity contribution in [2.24, 2.45) is 11.8 Å². The number of carbonyl (C=O) groups is 2. The summed E-state index contributed by atoms with van der Waals surface area (Å²) in [6.45, 7) is 12.6. The van der Waals surface area contributed by atoms with E-state index in [0.29, 0.717) is 34.4 Å². The van der Waals surface area contributed by atoms with Gasteiger partial charge in [-0.25, -0.2) is 14.4 Å². The fourth-order valence-corrected chi connectivity index (χ4v) is 11.8. The van der Waals surface area contributed by atoms with Crippen LogP contribution < -0.4 is 20.7 Å². The molecule has 10 rings (SSSR count). The zero-order valence-corrected chi connectivity index (χ0v) is 44.2.